The van der Waals surface area contributed by atoms with E-state index in [1.807, 2.05) is 24.3 Å². The summed E-state index contributed by atoms with van der Waals surface area (Å²) in [4.78, 5) is 0. The highest BCUT2D eigenvalue weighted by atomic mass is 16.5. The van der Waals surface area contributed by atoms with E-state index in [4.69, 9.17) is 9.47 Å². The second-order valence-electron chi connectivity index (χ2n) is 4.64. The van der Waals surface area contributed by atoms with Gasteiger partial charge in [0.15, 0.2) is 0 Å². The molecule has 2 rings (SSSR count). The van der Waals surface area contributed by atoms with Crippen molar-refractivity contribution in [2.24, 2.45) is 0 Å². The minimum absolute atomic E-state index is 0.150. The molecule has 1 N–H and O–H groups in total. The topological polar surface area (TPSA) is 38.7 Å². The second-order valence-corrected chi connectivity index (χ2v) is 4.64. The third kappa shape index (κ3) is 3.72. The van der Waals surface area contributed by atoms with E-state index >= 15 is 0 Å². The lowest BCUT2D eigenvalue weighted by Crippen LogP contribution is -2.28. The van der Waals surface area contributed by atoms with E-state index in [1.165, 1.54) is 0 Å². The Balaban J connectivity index is 1.95. The van der Waals surface area contributed by atoms with Crippen LogP contribution in [-0.4, -0.2) is 24.4 Å². The molecule has 0 aliphatic heterocycles. The van der Waals surface area contributed by atoms with Gasteiger partial charge >= 0.3 is 0 Å². The van der Waals surface area contributed by atoms with Crippen molar-refractivity contribution in [3.8, 4) is 5.75 Å². The largest absolute Gasteiger partial charge is 0.490 e. The van der Waals surface area contributed by atoms with Crippen LogP contribution in [0.4, 0.5) is 0 Å². The van der Waals surface area contributed by atoms with Crippen LogP contribution in [0.3, 0.4) is 0 Å². The Morgan fingerprint density at radius 1 is 1.35 bits per heavy atom. The van der Waals surface area contributed by atoms with Gasteiger partial charge < -0.3 is 14.6 Å². The van der Waals surface area contributed by atoms with E-state index in [2.05, 4.69) is 0 Å². The highest BCUT2D eigenvalue weighted by Gasteiger charge is 2.21. The SMILES string of the molecule is COCc1cccc(OC2CCCC(O)C2)c1. The monoisotopic (exact) mass is 236 g/mol. The summed E-state index contributed by atoms with van der Waals surface area (Å²) in [6, 6.07) is 7.96. The minimum Gasteiger partial charge on any atom is -0.490 e. The first-order valence-electron chi connectivity index (χ1n) is 6.20. The zero-order valence-electron chi connectivity index (χ0n) is 10.3. The van der Waals surface area contributed by atoms with E-state index in [-0.39, 0.29) is 12.2 Å². The molecule has 1 fully saturated rings. The molecule has 94 valence electrons. The molecule has 1 saturated carbocycles. The maximum atomic E-state index is 9.60. The molecule has 0 radical (unpaired) electrons. The van der Waals surface area contributed by atoms with Gasteiger partial charge in [-0.15, -0.1) is 0 Å². The third-order valence-corrected chi connectivity index (χ3v) is 3.11. The first-order chi connectivity index (χ1) is 8.28. The van der Waals surface area contributed by atoms with Crippen molar-refractivity contribution < 1.29 is 14.6 Å². The molecule has 0 aromatic heterocycles. The molecule has 0 heterocycles. The summed E-state index contributed by atoms with van der Waals surface area (Å²) < 4.78 is 11.0. The number of aliphatic hydroxyl groups is 1. The van der Waals surface area contributed by atoms with Crippen LogP contribution < -0.4 is 4.74 Å². The van der Waals surface area contributed by atoms with E-state index in [9.17, 15) is 5.11 Å². The standard InChI is InChI=1S/C14H20O3/c1-16-10-11-4-2-6-13(8-11)17-14-7-3-5-12(15)9-14/h2,4,6,8,12,14-15H,3,5,7,9-10H2,1H3. The van der Waals surface area contributed by atoms with Crippen LogP contribution in [0.25, 0.3) is 0 Å². The summed E-state index contributed by atoms with van der Waals surface area (Å²) >= 11 is 0. The molecular weight excluding hydrogens is 216 g/mol. The number of methoxy groups -OCH3 is 1. The molecule has 1 aliphatic carbocycles. The first-order valence-corrected chi connectivity index (χ1v) is 6.20. The maximum Gasteiger partial charge on any atom is 0.120 e. The molecule has 0 spiro atoms. The fourth-order valence-electron chi connectivity index (χ4n) is 2.30. The number of ether oxygens (including phenoxy) is 2. The van der Waals surface area contributed by atoms with Crippen molar-refractivity contribution in [3.63, 3.8) is 0 Å². The average Bonchev–Trinajstić information content (AvgIpc) is 2.30. The van der Waals surface area contributed by atoms with Gasteiger partial charge in [0.1, 0.15) is 11.9 Å². The molecule has 1 aliphatic rings. The predicted molar refractivity (Wildman–Crippen MR) is 66.0 cm³/mol. The minimum atomic E-state index is -0.198. The lowest BCUT2D eigenvalue weighted by Gasteiger charge is -2.26. The molecule has 1 aromatic rings. The Hall–Kier alpha value is -1.06. The van der Waals surface area contributed by atoms with Crippen LogP contribution in [-0.2, 0) is 11.3 Å². The summed E-state index contributed by atoms with van der Waals surface area (Å²) in [5.74, 6) is 0.874. The van der Waals surface area contributed by atoms with Gasteiger partial charge in [-0.1, -0.05) is 12.1 Å². The maximum absolute atomic E-state index is 9.60. The fourth-order valence-corrected chi connectivity index (χ4v) is 2.30. The molecule has 1 aromatic carbocycles. The van der Waals surface area contributed by atoms with Gasteiger partial charge in [-0.25, -0.2) is 0 Å². The molecule has 0 amide bonds. The van der Waals surface area contributed by atoms with Crippen LogP contribution in [0.5, 0.6) is 5.75 Å². The Bertz CT molecular complexity index is 351. The highest BCUT2D eigenvalue weighted by molar-refractivity contribution is 5.28. The Kier molecular flexibility index (Phi) is 4.40. The van der Waals surface area contributed by atoms with Crippen LogP contribution in [0.15, 0.2) is 24.3 Å². The lowest BCUT2D eigenvalue weighted by molar-refractivity contribution is 0.0535. The van der Waals surface area contributed by atoms with E-state index in [0.29, 0.717) is 6.61 Å². The van der Waals surface area contributed by atoms with Crippen molar-refractivity contribution in [1.29, 1.82) is 0 Å². The number of hydrogen-bond acceptors (Lipinski definition) is 3. The van der Waals surface area contributed by atoms with Crippen LogP contribution in [0.2, 0.25) is 0 Å². The van der Waals surface area contributed by atoms with E-state index < -0.39 is 0 Å². The Morgan fingerprint density at radius 3 is 3.00 bits per heavy atom. The van der Waals surface area contributed by atoms with Gasteiger partial charge in [0.05, 0.1) is 12.7 Å². The molecule has 2 atom stereocenters. The van der Waals surface area contributed by atoms with E-state index in [1.54, 1.807) is 7.11 Å². The highest BCUT2D eigenvalue weighted by Crippen LogP contribution is 2.24. The number of rotatable bonds is 4. The lowest BCUT2D eigenvalue weighted by atomic mass is 9.95. The van der Waals surface area contributed by atoms with Crippen molar-refractivity contribution in [2.45, 2.75) is 44.5 Å². The second kappa shape index (κ2) is 6.03. The summed E-state index contributed by atoms with van der Waals surface area (Å²) in [5.41, 5.74) is 1.11. The van der Waals surface area contributed by atoms with Crippen molar-refractivity contribution in [3.05, 3.63) is 29.8 Å². The summed E-state index contributed by atoms with van der Waals surface area (Å²) in [7, 11) is 1.69. The molecule has 2 unspecified atom stereocenters. The summed E-state index contributed by atoms with van der Waals surface area (Å²) in [6.07, 6.45) is 3.68. The van der Waals surface area contributed by atoms with Gasteiger partial charge in [0.25, 0.3) is 0 Å². The summed E-state index contributed by atoms with van der Waals surface area (Å²) in [5, 5.41) is 9.60. The van der Waals surface area contributed by atoms with Gasteiger partial charge in [-0.3, -0.25) is 0 Å². The molecule has 17 heavy (non-hydrogen) atoms. The van der Waals surface area contributed by atoms with Crippen LogP contribution >= 0.6 is 0 Å². The molecular formula is C14H20O3. The molecule has 0 bridgehead atoms. The van der Waals surface area contributed by atoms with Gasteiger partial charge in [-0.05, 0) is 37.0 Å². The zero-order chi connectivity index (χ0) is 12.1. The quantitative estimate of drug-likeness (QED) is 0.873. The Labute approximate surface area is 102 Å². The van der Waals surface area contributed by atoms with Gasteiger partial charge in [0.2, 0.25) is 0 Å². The average molecular weight is 236 g/mol. The summed E-state index contributed by atoms with van der Waals surface area (Å²) in [6.45, 7) is 0.602. The molecule has 3 nitrogen and oxygen atoms in total. The molecule has 0 saturated heterocycles. The zero-order valence-corrected chi connectivity index (χ0v) is 10.3. The third-order valence-electron chi connectivity index (χ3n) is 3.11. The predicted octanol–water partition coefficient (Wildman–Crippen LogP) is 2.52. The van der Waals surface area contributed by atoms with Crippen molar-refractivity contribution >= 4 is 0 Å². The normalized spacial score (nSPS) is 24.6. The van der Waals surface area contributed by atoms with Gasteiger partial charge in [-0.2, -0.15) is 0 Å². The van der Waals surface area contributed by atoms with Crippen molar-refractivity contribution in [1.82, 2.24) is 0 Å². The first kappa shape index (κ1) is 12.4. The molecule has 3 heteroatoms. The number of aliphatic hydroxyl groups excluding tert-OH is 1. The fraction of sp³-hybridized carbons (Fsp3) is 0.571. The van der Waals surface area contributed by atoms with Crippen molar-refractivity contribution in [2.75, 3.05) is 7.11 Å². The Morgan fingerprint density at radius 2 is 2.24 bits per heavy atom. The smallest absolute Gasteiger partial charge is 0.120 e. The van der Waals surface area contributed by atoms with Gasteiger partial charge in [0, 0.05) is 13.5 Å². The van der Waals surface area contributed by atoms with E-state index in [0.717, 1.165) is 37.0 Å². The van der Waals surface area contributed by atoms with Crippen LogP contribution in [0.1, 0.15) is 31.2 Å². The number of hydrogen-bond donors (Lipinski definition) is 1. The van der Waals surface area contributed by atoms with Crippen LogP contribution in [0, 0.1) is 0 Å². The number of benzene rings is 1.